The SMILES string of the molecule is CCOC(=O)C(NC(=O)C(C)C)C(C)SC(=O)CC(=O)C(=O)OC. The van der Waals surface area contributed by atoms with Crippen molar-refractivity contribution in [2.24, 2.45) is 5.92 Å². The van der Waals surface area contributed by atoms with E-state index in [0.29, 0.717) is 11.8 Å². The molecule has 0 saturated carbocycles. The molecule has 0 aliphatic rings. The van der Waals surface area contributed by atoms with Gasteiger partial charge in [0, 0.05) is 11.2 Å². The predicted molar refractivity (Wildman–Crippen MR) is 87.1 cm³/mol. The largest absolute Gasteiger partial charge is 0.464 e. The van der Waals surface area contributed by atoms with Crippen LogP contribution in [0.1, 0.15) is 34.1 Å². The van der Waals surface area contributed by atoms with Crippen LogP contribution in [0.2, 0.25) is 0 Å². The monoisotopic (exact) mass is 361 g/mol. The number of hydrogen-bond acceptors (Lipinski definition) is 8. The number of carbonyl (C=O) groups is 5. The van der Waals surface area contributed by atoms with Crippen LogP contribution in [-0.4, -0.2) is 53.8 Å². The Hall–Kier alpha value is -1.90. The minimum Gasteiger partial charge on any atom is -0.464 e. The first-order chi connectivity index (χ1) is 11.1. The van der Waals surface area contributed by atoms with E-state index in [2.05, 4.69) is 10.1 Å². The average molecular weight is 361 g/mol. The van der Waals surface area contributed by atoms with Crippen molar-refractivity contribution in [2.45, 2.75) is 45.4 Å². The second-order valence-corrected chi connectivity index (χ2v) is 6.61. The molecule has 24 heavy (non-hydrogen) atoms. The molecule has 1 amide bonds. The fourth-order valence-electron chi connectivity index (χ4n) is 1.55. The maximum atomic E-state index is 12.0. The third-order valence-corrected chi connectivity index (χ3v) is 3.92. The number of esters is 2. The van der Waals surface area contributed by atoms with E-state index in [9.17, 15) is 24.0 Å². The topological polar surface area (TPSA) is 116 Å². The molecule has 1 N–H and O–H groups in total. The molecule has 0 saturated heterocycles. The first-order valence-electron chi connectivity index (χ1n) is 7.41. The zero-order valence-corrected chi connectivity index (χ0v) is 15.2. The molecule has 2 unspecified atom stereocenters. The first kappa shape index (κ1) is 22.1. The zero-order chi connectivity index (χ0) is 18.9. The normalized spacial score (nSPS) is 12.9. The van der Waals surface area contributed by atoms with Crippen LogP contribution in [0.5, 0.6) is 0 Å². The highest BCUT2D eigenvalue weighted by Gasteiger charge is 2.31. The van der Waals surface area contributed by atoms with Gasteiger partial charge in [-0.1, -0.05) is 32.5 Å². The fraction of sp³-hybridized carbons (Fsp3) is 0.667. The van der Waals surface area contributed by atoms with E-state index in [1.165, 1.54) is 0 Å². The van der Waals surface area contributed by atoms with E-state index in [-0.39, 0.29) is 18.4 Å². The van der Waals surface area contributed by atoms with Crippen molar-refractivity contribution in [3.05, 3.63) is 0 Å². The number of ether oxygens (including phenoxy) is 2. The van der Waals surface area contributed by atoms with Crippen molar-refractivity contribution < 1.29 is 33.4 Å². The predicted octanol–water partition coefficient (Wildman–Crippen LogP) is 0.471. The van der Waals surface area contributed by atoms with Crippen LogP contribution in [0.3, 0.4) is 0 Å². The lowest BCUT2D eigenvalue weighted by Gasteiger charge is -2.23. The number of rotatable bonds is 9. The van der Waals surface area contributed by atoms with E-state index < -0.39 is 40.5 Å². The summed E-state index contributed by atoms with van der Waals surface area (Å²) in [5.74, 6) is -3.46. The molecule has 2 atom stereocenters. The van der Waals surface area contributed by atoms with Crippen molar-refractivity contribution in [2.75, 3.05) is 13.7 Å². The Morgan fingerprint density at radius 2 is 1.67 bits per heavy atom. The molecule has 0 aliphatic heterocycles. The maximum absolute atomic E-state index is 12.0. The Bertz CT molecular complexity index is 504. The molecule has 0 spiro atoms. The van der Waals surface area contributed by atoms with Gasteiger partial charge < -0.3 is 14.8 Å². The Morgan fingerprint density at radius 1 is 1.08 bits per heavy atom. The summed E-state index contributed by atoms with van der Waals surface area (Å²) in [6.45, 7) is 6.62. The average Bonchev–Trinajstić information content (AvgIpc) is 2.50. The molecule has 0 aromatic heterocycles. The number of thioether (sulfide) groups is 1. The maximum Gasteiger partial charge on any atom is 0.374 e. The van der Waals surface area contributed by atoms with Gasteiger partial charge >= 0.3 is 11.9 Å². The summed E-state index contributed by atoms with van der Waals surface area (Å²) in [7, 11) is 1.04. The van der Waals surface area contributed by atoms with Crippen LogP contribution in [0, 0.1) is 5.92 Å². The van der Waals surface area contributed by atoms with Crippen LogP contribution in [0.4, 0.5) is 0 Å². The summed E-state index contributed by atoms with van der Waals surface area (Å²) in [4.78, 5) is 58.1. The molecule has 0 fully saturated rings. The van der Waals surface area contributed by atoms with Crippen molar-refractivity contribution in [1.29, 1.82) is 0 Å². The molecule has 0 aliphatic carbocycles. The zero-order valence-electron chi connectivity index (χ0n) is 14.4. The third kappa shape index (κ3) is 7.58. The van der Waals surface area contributed by atoms with Gasteiger partial charge in [0.1, 0.15) is 6.04 Å². The highest BCUT2D eigenvalue weighted by molar-refractivity contribution is 8.14. The molecule has 136 valence electrons. The molecule has 0 heterocycles. The van der Waals surface area contributed by atoms with Gasteiger partial charge in [0.15, 0.2) is 5.12 Å². The van der Waals surface area contributed by atoms with Gasteiger partial charge in [-0.2, -0.15) is 0 Å². The summed E-state index contributed by atoms with van der Waals surface area (Å²) in [5, 5.41) is 1.25. The second-order valence-electron chi connectivity index (χ2n) is 5.18. The third-order valence-electron chi connectivity index (χ3n) is 2.87. The van der Waals surface area contributed by atoms with Crippen LogP contribution < -0.4 is 5.32 Å². The minimum atomic E-state index is -1.10. The molecule has 9 heteroatoms. The number of amides is 1. The van der Waals surface area contributed by atoms with Gasteiger partial charge in [0.2, 0.25) is 11.7 Å². The number of carbonyl (C=O) groups excluding carboxylic acids is 5. The van der Waals surface area contributed by atoms with Crippen molar-refractivity contribution in [3.63, 3.8) is 0 Å². The standard InChI is InChI=1S/C15H23NO7S/c1-6-23-15(21)12(16-13(19)8(2)3)9(4)24-11(18)7-10(17)14(20)22-5/h8-9,12H,6-7H2,1-5H3,(H,16,19). The molecule has 0 aromatic carbocycles. The molecule has 8 nitrogen and oxygen atoms in total. The number of ketones is 1. The van der Waals surface area contributed by atoms with Gasteiger partial charge in [-0.3, -0.25) is 14.4 Å². The van der Waals surface area contributed by atoms with Crippen LogP contribution in [0.15, 0.2) is 0 Å². The lowest BCUT2D eigenvalue weighted by Crippen LogP contribution is -2.49. The molecular weight excluding hydrogens is 338 g/mol. The number of Topliss-reactive ketones (excluding diaryl/α,β-unsaturated/α-hetero) is 1. The van der Waals surface area contributed by atoms with Crippen LogP contribution >= 0.6 is 11.8 Å². The quantitative estimate of drug-likeness (QED) is 0.358. The summed E-state index contributed by atoms with van der Waals surface area (Å²) < 4.78 is 9.14. The Balaban J connectivity index is 4.91. The lowest BCUT2D eigenvalue weighted by atomic mass is 10.1. The number of methoxy groups -OCH3 is 1. The molecular formula is C15H23NO7S. The van der Waals surface area contributed by atoms with Crippen LogP contribution in [0.25, 0.3) is 0 Å². The van der Waals surface area contributed by atoms with Crippen LogP contribution in [-0.2, 0) is 33.4 Å². The second kappa shape index (κ2) is 10.8. The van der Waals surface area contributed by atoms with E-state index in [4.69, 9.17) is 4.74 Å². The summed E-state index contributed by atoms with van der Waals surface area (Å²) >= 11 is 0.689. The van der Waals surface area contributed by atoms with Gasteiger partial charge in [-0.25, -0.2) is 9.59 Å². The van der Waals surface area contributed by atoms with Gasteiger partial charge in [0.05, 0.1) is 20.1 Å². The minimum absolute atomic E-state index is 0.124. The Kier molecular flexibility index (Phi) is 9.94. The van der Waals surface area contributed by atoms with E-state index in [0.717, 1.165) is 7.11 Å². The van der Waals surface area contributed by atoms with E-state index in [1.807, 2.05) is 0 Å². The number of hydrogen-bond donors (Lipinski definition) is 1. The van der Waals surface area contributed by atoms with Gasteiger partial charge in [-0.15, -0.1) is 0 Å². The van der Waals surface area contributed by atoms with E-state index in [1.54, 1.807) is 27.7 Å². The summed E-state index contributed by atoms with van der Waals surface area (Å²) in [6, 6.07) is -1.04. The lowest BCUT2D eigenvalue weighted by molar-refractivity contribution is -0.152. The highest BCUT2D eigenvalue weighted by atomic mass is 32.2. The smallest absolute Gasteiger partial charge is 0.374 e. The fourth-order valence-corrected chi connectivity index (χ4v) is 2.50. The van der Waals surface area contributed by atoms with Gasteiger partial charge in [0.25, 0.3) is 0 Å². The Morgan fingerprint density at radius 3 is 2.12 bits per heavy atom. The summed E-state index contributed by atoms with van der Waals surface area (Å²) in [5.41, 5.74) is 0. The molecule has 0 radical (unpaired) electrons. The summed E-state index contributed by atoms with van der Waals surface area (Å²) in [6.07, 6.45) is -0.643. The molecule has 0 rings (SSSR count). The van der Waals surface area contributed by atoms with Gasteiger partial charge in [-0.05, 0) is 6.92 Å². The Labute approximate surface area is 145 Å². The van der Waals surface area contributed by atoms with Crippen molar-refractivity contribution >= 4 is 40.5 Å². The molecule has 0 bridgehead atoms. The van der Waals surface area contributed by atoms with Crippen molar-refractivity contribution in [1.82, 2.24) is 5.32 Å². The van der Waals surface area contributed by atoms with Crippen molar-refractivity contribution in [3.8, 4) is 0 Å². The van der Waals surface area contributed by atoms with E-state index >= 15 is 0 Å². The molecule has 0 aromatic rings. The highest BCUT2D eigenvalue weighted by Crippen LogP contribution is 2.19. The first-order valence-corrected chi connectivity index (χ1v) is 8.29. The number of nitrogens with one attached hydrogen (secondary N) is 1.